The monoisotopic (exact) mass is 286 g/mol. The van der Waals surface area contributed by atoms with E-state index in [-0.39, 0.29) is 5.91 Å². The lowest BCUT2D eigenvalue weighted by molar-refractivity contribution is 0.0915. The molecule has 0 radical (unpaired) electrons. The van der Waals surface area contributed by atoms with Crippen LogP contribution in [0.3, 0.4) is 0 Å². The van der Waals surface area contributed by atoms with Gasteiger partial charge in [-0.05, 0) is 43.2 Å². The van der Waals surface area contributed by atoms with Crippen molar-refractivity contribution in [3.8, 4) is 16.6 Å². The molecular weight excluding hydrogens is 272 g/mol. The van der Waals surface area contributed by atoms with Crippen molar-refractivity contribution in [1.29, 1.82) is 5.26 Å². The number of nitriles is 1. The Hall–Kier alpha value is -2.13. The zero-order valence-corrected chi connectivity index (χ0v) is 11.7. The summed E-state index contributed by atoms with van der Waals surface area (Å²) in [5.41, 5.74) is 0.441. The van der Waals surface area contributed by atoms with Crippen LogP contribution in [0.1, 0.15) is 36.2 Å². The molecule has 1 amide bonds. The van der Waals surface area contributed by atoms with Crippen molar-refractivity contribution in [3.05, 3.63) is 29.3 Å². The van der Waals surface area contributed by atoms with Crippen molar-refractivity contribution in [2.45, 2.75) is 31.2 Å². The maximum Gasteiger partial charge on any atom is 0.273 e. The molecule has 6 heteroatoms. The summed E-state index contributed by atoms with van der Waals surface area (Å²) in [6.45, 7) is 0. The Kier molecular flexibility index (Phi) is 3.28. The molecule has 2 heterocycles. The molecule has 2 aromatic heterocycles. The summed E-state index contributed by atoms with van der Waals surface area (Å²) in [6, 6.07) is 7.88. The van der Waals surface area contributed by atoms with Crippen molar-refractivity contribution < 1.29 is 4.79 Å². The molecule has 0 aliphatic heterocycles. The highest BCUT2D eigenvalue weighted by Crippen LogP contribution is 2.29. The molecule has 2 aromatic rings. The van der Waals surface area contributed by atoms with Crippen LogP contribution in [0.2, 0.25) is 0 Å². The highest BCUT2D eigenvalue weighted by molar-refractivity contribution is 7.13. The number of hydrogen-bond donors (Lipinski definition) is 2. The molecule has 0 saturated heterocycles. The van der Waals surface area contributed by atoms with Crippen LogP contribution < -0.4 is 5.32 Å². The summed E-state index contributed by atoms with van der Waals surface area (Å²) in [6.07, 6.45) is 3.40. The average molecular weight is 286 g/mol. The first kappa shape index (κ1) is 12.9. The van der Waals surface area contributed by atoms with Gasteiger partial charge in [-0.2, -0.15) is 10.4 Å². The SMILES string of the molecule is N#CC1(NC(=O)c2cc(-c3cccs3)[nH]n2)CCCC1. The minimum atomic E-state index is -0.709. The molecule has 5 nitrogen and oxygen atoms in total. The number of aromatic nitrogens is 2. The highest BCUT2D eigenvalue weighted by atomic mass is 32.1. The maximum atomic E-state index is 12.2. The van der Waals surface area contributed by atoms with Gasteiger partial charge in [-0.25, -0.2) is 0 Å². The first-order valence-electron chi connectivity index (χ1n) is 6.55. The van der Waals surface area contributed by atoms with Crippen LogP contribution in [0.25, 0.3) is 10.6 Å². The average Bonchev–Trinajstić information content (AvgIpc) is 3.19. The lowest BCUT2D eigenvalue weighted by atomic mass is 10.00. The highest BCUT2D eigenvalue weighted by Gasteiger charge is 2.36. The van der Waals surface area contributed by atoms with E-state index >= 15 is 0 Å². The molecule has 1 saturated carbocycles. The molecule has 0 aromatic carbocycles. The lowest BCUT2D eigenvalue weighted by Gasteiger charge is -2.21. The normalized spacial score (nSPS) is 16.8. The zero-order valence-electron chi connectivity index (χ0n) is 10.8. The van der Waals surface area contributed by atoms with E-state index in [4.69, 9.17) is 0 Å². The number of nitrogens with one attached hydrogen (secondary N) is 2. The Morgan fingerprint density at radius 2 is 2.30 bits per heavy atom. The van der Waals surface area contributed by atoms with Gasteiger partial charge >= 0.3 is 0 Å². The third-order valence-corrected chi connectivity index (χ3v) is 4.52. The fourth-order valence-electron chi connectivity index (χ4n) is 2.52. The van der Waals surface area contributed by atoms with Gasteiger partial charge in [0.2, 0.25) is 0 Å². The number of H-pyrrole nitrogens is 1. The topological polar surface area (TPSA) is 81.6 Å². The number of carbonyl (C=O) groups is 1. The summed E-state index contributed by atoms with van der Waals surface area (Å²) >= 11 is 1.58. The predicted molar refractivity (Wildman–Crippen MR) is 76.2 cm³/mol. The van der Waals surface area contributed by atoms with Gasteiger partial charge in [0, 0.05) is 0 Å². The molecule has 0 spiro atoms. The zero-order chi connectivity index (χ0) is 14.0. The van der Waals surface area contributed by atoms with Crippen molar-refractivity contribution in [2.75, 3.05) is 0 Å². The number of carbonyl (C=O) groups excluding carboxylic acids is 1. The van der Waals surface area contributed by atoms with E-state index in [1.54, 1.807) is 17.4 Å². The van der Waals surface area contributed by atoms with Crippen molar-refractivity contribution in [3.63, 3.8) is 0 Å². The van der Waals surface area contributed by atoms with Crippen LogP contribution in [0.15, 0.2) is 23.6 Å². The first-order valence-corrected chi connectivity index (χ1v) is 7.43. The summed E-state index contributed by atoms with van der Waals surface area (Å²) in [5.74, 6) is -0.285. The van der Waals surface area contributed by atoms with Gasteiger partial charge in [0.15, 0.2) is 5.69 Å². The summed E-state index contributed by atoms with van der Waals surface area (Å²) < 4.78 is 0. The van der Waals surface area contributed by atoms with E-state index in [9.17, 15) is 10.1 Å². The smallest absolute Gasteiger partial charge is 0.273 e. The lowest BCUT2D eigenvalue weighted by Crippen LogP contribution is -2.45. The second-order valence-electron chi connectivity index (χ2n) is 5.00. The second-order valence-corrected chi connectivity index (χ2v) is 5.95. The van der Waals surface area contributed by atoms with E-state index < -0.39 is 5.54 Å². The molecule has 1 aliphatic rings. The third kappa shape index (κ3) is 2.32. The summed E-state index contributed by atoms with van der Waals surface area (Å²) in [7, 11) is 0. The quantitative estimate of drug-likeness (QED) is 0.910. The molecule has 0 atom stereocenters. The second kappa shape index (κ2) is 5.10. The first-order chi connectivity index (χ1) is 9.72. The molecule has 1 fully saturated rings. The van der Waals surface area contributed by atoms with Gasteiger partial charge in [0.1, 0.15) is 5.54 Å². The molecule has 102 valence electrons. The Balaban J connectivity index is 1.77. The molecule has 2 N–H and O–H groups in total. The fourth-order valence-corrected chi connectivity index (χ4v) is 3.21. The number of thiophene rings is 1. The Labute approximate surface area is 120 Å². The number of nitrogens with zero attached hydrogens (tertiary/aromatic N) is 2. The van der Waals surface area contributed by atoms with E-state index in [2.05, 4.69) is 21.6 Å². The fraction of sp³-hybridized carbons (Fsp3) is 0.357. The largest absolute Gasteiger partial charge is 0.332 e. The van der Waals surface area contributed by atoms with Crippen molar-refractivity contribution >= 4 is 17.2 Å². The Morgan fingerprint density at radius 3 is 2.95 bits per heavy atom. The van der Waals surface area contributed by atoms with Crippen molar-refractivity contribution in [1.82, 2.24) is 15.5 Å². The minimum absolute atomic E-state index is 0.285. The van der Waals surface area contributed by atoms with E-state index in [1.807, 2.05) is 17.5 Å². The Morgan fingerprint density at radius 1 is 1.50 bits per heavy atom. The van der Waals surface area contributed by atoms with Crippen LogP contribution in [0.5, 0.6) is 0 Å². The van der Waals surface area contributed by atoms with Gasteiger partial charge in [0.05, 0.1) is 16.6 Å². The van der Waals surface area contributed by atoms with Crippen LogP contribution in [0.4, 0.5) is 0 Å². The minimum Gasteiger partial charge on any atom is -0.332 e. The van der Waals surface area contributed by atoms with Gasteiger partial charge in [-0.1, -0.05) is 6.07 Å². The van der Waals surface area contributed by atoms with Crippen molar-refractivity contribution in [2.24, 2.45) is 0 Å². The van der Waals surface area contributed by atoms with Crippen LogP contribution in [0, 0.1) is 11.3 Å². The van der Waals surface area contributed by atoms with Crippen LogP contribution in [-0.2, 0) is 0 Å². The van der Waals surface area contributed by atoms with Gasteiger partial charge in [-0.15, -0.1) is 11.3 Å². The maximum absolute atomic E-state index is 12.2. The van der Waals surface area contributed by atoms with E-state index in [1.165, 1.54) is 0 Å². The van der Waals surface area contributed by atoms with E-state index in [0.717, 1.165) is 36.3 Å². The Bertz CT molecular complexity index is 647. The standard InChI is InChI=1S/C14H14N4OS/c15-9-14(5-1-2-6-14)16-13(19)11-8-10(17-18-11)12-4-3-7-20-12/h3-4,7-8H,1-2,5-6H2,(H,16,19)(H,17,18). The van der Waals surface area contributed by atoms with E-state index in [0.29, 0.717) is 5.69 Å². The number of hydrogen-bond acceptors (Lipinski definition) is 4. The van der Waals surface area contributed by atoms with Gasteiger partial charge < -0.3 is 5.32 Å². The molecule has 3 rings (SSSR count). The molecular formula is C14H14N4OS. The molecule has 0 unspecified atom stereocenters. The molecule has 0 bridgehead atoms. The third-order valence-electron chi connectivity index (χ3n) is 3.62. The summed E-state index contributed by atoms with van der Waals surface area (Å²) in [5, 5.41) is 21.0. The summed E-state index contributed by atoms with van der Waals surface area (Å²) in [4.78, 5) is 13.2. The van der Waals surface area contributed by atoms with Gasteiger partial charge in [-0.3, -0.25) is 9.89 Å². The number of aromatic amines is 1. The van der Waals surface area contributed by atoms with Gasteiger partial charge in [0.25, 0.3) is 5.91 Å². The molecule has 20 heavy (non-hydrogen) atoms. The molecule has 1 aliphatic carbocycles. The number of amides is 1. The van der Waals surface area contributed by atoms with Crippen LogP contribution >= 0.6 is 11.3 Å². The van der Waals surface area contributed by atoms with Crippen LogP contribution in [-0.4, -0.2) is 21.6 Å². The number of rotatable bonds is 3. The predicted octanol–water partition coefficient (Wildman–Crippen LogP) is 2.70.